The summed E-state index contributed by atoms with van der Waals surface area (Å²) in [5, 5.41) is 17.3. The summed E-state index contributed by atoms with van der Waals surface area (Å²) in [6, 6.07) is 1.78. The first-order chi connectivity index (χ1) is 6.31. The van der Waals surface area contributed by atoms with Gasteiger partial charge in [0.05, 0.1) is 5.92 Å². The smallest absolute Gasteiger partial charge is 0.306 e. The molecule has 0 saturated carbocycles. The van der Waals surface area contributed by atoms with Crippen LogP contribution in [0.1, 0.15) is 27.2 Å². The van der Waals surface area contributed by atoms with Crippen LogP contribution in [-0.2, 0) is 4.79 Å². The summed E-state index contributed by atoms with van der Waals surface area (Å²) >= 11 is 5.51. The lowest BCUT2D eigenvalue weighted by Crippen LogP contribution is -2.27. The number of nitrogens with zero attached hydrogens (tertiary/aromatic N) is 1. The van der Waals surface area contributed by atoms with Gasteiger partial charge in [-0.05, 0) is 11.8 Å². The Kier molecular flexibility index (Phi) is 4.65. The molecule has 0 spiro atoms. The maximum absolute atomic E-state index is 10.7. The summed E-state index contributed by atoms with van der Waals surface area (Å²) < 4.78 is 0. The molecule has 0 radical (unpaired) electrons. The Bertz CT molecular complexity index is 289. The maximum Gasteiger partial charge on any atom is 0.306 e. The fourth-order valence-electron chi connectivity index (χ4n) is 0.909. The SMILES string of the molecule is CC(C(=O)O)C(C)(C)C/C=C(\Cl)C#N. The number of hydrogen-bond acceptors (Lipinski definition) is 2. The fourth-order valence-corrected chi connectivity index (χ4v) is 0.986. The highest BCUT2D eigenvalue weighted by Gasteiger charge is 2.30. The number of allylic oxidation sites excluding steroid dienone is 2. The van der Waals surface area contributed by atoms with E-state index in [0.29, 0.717) is 6.42 Å². The van der Waals surface area contributed by atoms with Gasteiger partial charge in [-0.1, -0.05) is 38.4 Å². The van der Waals surface area contributed by atoms with Crippen LogP contribution in [0, 0.1) is 22.7 Å². The Morgan fingerprint density at radius 2 is 2.21 bits per heavy atom. The van der Waals surface area contributed by atoms with E-state index in [4.69, 9.17) is 22.0 Å². The van der Waals surface area contributed by atoms with Crippen molar-refractivity contribution in [2.75, 3.05) is 0 Å². The van der Waals surface area contributed by atoms with Gasteiger partial charge in [0.2, 0.25) is 0 Å². The molecule has 0 aromatic carbocycles. The van der Waals surface area contributed by atoms with Crippen LogP contribution < -0.4 is 0 Å². The number of nitriles is 1. The summed E-state index contributed by atoms with van der Waals surface area (Å²) in [5.41, 5.74) is -0.400. The zero-order valence-corrected chi connectivity index (χ0v) is 9.30. The maximum atomic E-state index is 10.7. The van der Waals surface area contributed by atoms with E-state index < -0.39 is 17.3 Å². The van der Waals surface area contributed by atoms with Gasteiger partial charge in [0, 0.05) is 0 Å². The van der Waals surface area contributed by atoms with Crippen molar-refractivity contribution in [2.45, 2.75) is 27.2 Å². The van der Waals surface area contributed by atoms with Gasteiger partial charge in [-0.3, -0.25) is 4.79 Å². The van der Waals surface area contributed by atoms with Crippen LogP contribution in [0.2, 0.25) is 0 Å². The molecule has 14 heavy (non-hydrogen) atoms. The van der Waals surface area contributed by atoms with Crippen molar-refractivity contribution in [1.29, 1.82) is 5.26 Å². The van der Waals surface area contributed by atoms with Gasteiger partial charge in [0.25, 0.3) is 0 Å². The molecule has 1 unspecified atom stereocenters. The third kappa shape index (κ3) is 3.80. The molecule has 0 rings (SSSR count). The zero-order valence-electron chi connectivity index (χ0n) is 8.54. The van der Waals surface area contributed by atoms with Gasteiger partial charge >= 0.3 is 5.97 Å². The van der Waals surface area contributed by atoms with Crippen molar-refractivity contribution in [3.05, 3.63) is 11.1 Å². The van der Waals surface area contributed by atoms with Gasteiger partial charge in [0.1, 0.15) is 11.1 Å². The molecule has 0 bridgehead atoms. The third-order valence-corrected chi connectivity index (χ3v) is 2.70. The van der Waals surface area contributed by atoms with Crippen molar-refractivity contribution in [2.24, 2.45) is 11.3 Å². The van der Waals surface area contributed by atoms with Gasteiger partial charge in [0.15, 0.2) is 0 Å². The lowest BCUT2D eigenvalue weighted by molar-refractivity contribution is -0.144. The predicted octanol–water partition coefficient (Wildman–Crippen LogP) is 2.77. The van der Waals surface area contributed by atoms with E-state index >= 15 is 0 Å². The molecule has 1 atom stereocenters. The average Bonchev–Trinajstić information content (AvgIpc) is 2.12. The Morgan fingerprint density at radius 1 is 1.71 bits per heavy atom. The van der Waals surface area contributed by atoms with Gasteiger partial charge in [-0.25, -0.2) is 0 Å². The van der Waals surface area contributed by atoms with Crippen molar-refractivity contribution in [3.63, 3.8) is 0 Å². The number of rotatable bonds is 4. The van der Waals surface area contributed by atoms with E-state index in [1.54, 1.807) is 19.1 Å². The standard InChI is InChI=1S/C10H14ClNO2/c1-7(9(13)14)10(2,3)5-4-8(11)6-12/h4,7H,5H2,1-3H3,(H,13,14)/b8-4-. The number of carboxylic acids is 1. The van der Waals surface area contributed by atoms with E-state index in [1.165, 1.54) is 0 Å². The number of hydrogen-bond donors (Lipinski definition) is 1. The van der Waals surface area contributed by atoms with E-state index in [-0.39, 0.29) is 5.03 Å². The Morgan fingerprint density at radius 3 is 2.57 bits per heavy atom. The largest absolute Gasteiger partial charge is 0.481 e. The second kappa shape index (κ2) is 5.02. The van der Waals surface area contributed by atoms with Crippen LogP contribution in [0.25, 0.3) is 0 Å². The van der Waals surface area contributed by atoms with Crippen LogP contribution in [0.4, 0.5) is 0 Å². The van der Waals surface area contributed by atoms with Gasteiger partial charge < -0.3 is 5.11 Å². The monoisotopic (exact) mass is 215 g/mol. The summed E-state index contributed by atoms with van der Waals surface area (Å²) in [7, 11) is 0. The first kappa shape index (κ1) is 13.0. The van der Waals surface area contributed by atoms with Crippen molar-refractivity contribution >= 4 is 17.6 Å². The van der Waals surface area contributed by atoms with E-state index in [9.17, 15) is 4.79 Å². The predicted molar refractivity (Wildman–Crippen MR) is 54.7 cm³/mol. The molecule has 78 valence electrons. The fraction of sp³-hybridized carbons (Fsp3) is 0.600. The molecule has 1 N–H and O–H groups in total. The second-order valence-corrected chi connectivity index (χ2v) is 4.32. The zero-order chi connectivity index (χ0) is 11.4. The normalized spacial score (nSPS) is 14.6. The number of aliphatic carboxylic acids is 1. The van der Waals surface area contributed by atoms with Gasteiger partial charge in [-0.15, -0.1) is 0 Å². The van der Waals surface area contributed by atoms with E-state index in [0.717, 1.165) is 0 Å². The second-order valence-electron chi connectivity index (χ2n) is 3.92. The summed E-state index contributed by atoms with van der Waals surface area (Å²) in [4.78, 5) is 10.7. The van der Waals surface area contributed by atoms with E-state index in [1.807, 2.05) is 13.8 Å². The molecule has 4 heteroatoms. The highest BCUT2D eigenvalue weighted by atomic mass is 35.5. The number of halogens is 1. The molecular weight excluding hydrogens is 202 g/mol. The molecule has 0 heterocycles. The minimum Gasteiger partial charge on any atom is -0.481 e. The third-order valence-electron chi connectivity index (χ3n) is 2.46. The Hall–Kier alpha value is -1.01. The summed E-state index contributed by atoms with van der Waals surface area (Å²) in [5.74, 6) is -1.31. The molecule has 3 nitrogen and oxygen atoms in total. The average molecular weight is 216 g/mol. The van der Waals surface area contributed by atoms with Crippen LogP contribution in [0.15, 0.2) is 11.1 Å². The minimum absolute atomic E-state index is 0.107. The molecule has 0 aliphatic carbocycles. The molecule has 0 aliphatic heterocycles. The molecule has 0 aliphatic rings. The van der Waals surface area contributed by atoms with Crippen LogP contribution >= 0.6 is 11.6 Å². The lowest BCUT2D eigenvalue weighted by atomic mass is 9.77. The van der Waals surface area contributed by atoms with Crippen molar-refractivity contribution < 1.29 is 9.90 Å². The first-order valence-electron chi connectivity index (χ1n) is 4.30. The molecule has 0 fully saturated rings. The molecule has 0 aromatic heterocycles. The van der Waals surface area contributed by atoms with Crippen molar-refractivity contribution in [1.82, 2.24) is 0 Å². The minimum atomic E-state index is -0.837. The summed E-state index contributed by atoms with van der Waals surface area (Å²) in [6.45, 7) is 5.32. The van der Waals surface area contributed by atoms with Gasteiger partial charge in [-0.2, -0.15) is 5.26 Å². The molecule has 0 aromatic rings. The van der Waals surface area contributed by atoms with Crippen LogP contribution in [0.3, 0.4) is 0 Å². The topological polar surface area (TPSA) is 61.1 Å². The quantitative estimate of drug-likeness (QED) is 0.734. The molecular formula is C10H14ClNO2. The highest BCUT2D eigenvalue weighted by Crippen LogP contribution is 2.31. The Labute approximate surface area is 89.0 Å². The van der Waals surface area contributed by atoms with Crippen LogP contribution in [0.5, 0.6) is 0 Å². The number of carbonyl (C=O) groups is 1. The molecule has 0 amide bonds. The summed E-state index contributed by atoms with van der Waals surface area (Å²) in [6.07, 6.45) is 2.04. The van der Waals surface area contributed by atoms with Crippen LogP contribution in [-0.4, -0.2) is 11.1 Å². The number of carboxylic acid groups (broad SMARTS) is 1. The highest BCUT2D eigenvalue weighted by molar-refractivity contribution is 6.31. The first-order valence-corrected chi connectivity index (χ1v) is 4.67. The lowest BCUT2D eigenvalue weighted by Gasteiger charge is -2.27. The Balaban J connectivity index is 4.51. The molecule has 0 saturated heterocycles. The van der Waals surface area contributed by atoms with E-state index in [2.05, 4.69) is 0 Å². The van der Waals surface area contributed by atoms with Crippen molar-refractivity contribution in [3.8, 4) is 6.07 Å².